The normalized spacial score (nSPS) is 23.9. The van der Waals surface area contributed by atoms with Crippen LogP contribution in [0, 0.1) is 5.92 Å². The summed E-state index contributed by atoms with van der Waals surface area (Å²) in [6.07, 6.45) is 5.43. The molecule has 3 aliphatic rings. The Bertz CT molecular complexity index is 695. The highest BCUT2D eigenvalue weighted by Gasteiger charge is 2.37. The van der Waals surface area contributed by atoms with Gasteiger partial charge in [-0.3, -0.25) is 14.5 Å². The fourth-order valence-corrected chi connectivity index (χ4v) is 3.97. The number of benzene rings is 1. The van der Waals surface area contributed by atoms with E-state index in [0.717, 1.165) is 43.7 Å². The molecule has 0 aromatic heterocycles. The predicted octanol–water partition coefficient (Wildman–Crippen LogP) is 1.61. The number of hydrogen-bond acceptors (Lipinski definition) is 4. The van der Waals surface area contributed by atoms with Crippen molar-refractivity contribution in [1.29, 1.82) is 0 Å². The lowest BCUT2D eigenvalue weighted by Crippen LogP contribution is -2.55. The van der Waals surface area contributed by atoms with E-state index in [1.807, 2.05) is 12.1 Å². The maximum absolute atomic E-state index is 12.3. The average Bonchev–Trinajstić information content (AvgIpc) is 3.23. The minimum Gasteiger partial charge on any atom is -0.493 e. The van der Waals surface area contributed by atoms with Crippen molar-refractivity contribution < 1.29 is 19.4 Å². The molecule has 1 aromatic carbocycles. The van der Waals surface area contributed by atoms with Crippen LogP contribution in [0.15, 0.2) is 18.2 Å². The van der Waals surface area contributed by atoms with Gasteiger partial charge in [0.1, 0.15) is 5.75 Å². The fraction of sp³-hybridized carbons (Fsp3) is 0.600. The third-order valence-corrected chi connectivity index (χ3v) is 5.64. The fourth-order valence-electron chi connectivity index (χ4n) is 3.97. The van der Waals surface area contributed by atoms with Crippen LogP contribution in [0.4, 0.5) is 0 Å². The number of nitrogens with zero attached hydrogens (tertiary/aromatic N) is 1. The zero-order chi connectivity index (χ0) is 18.1. The molecule has 0 unspecified atom stereocenters. The Balaban J connectivity index is 1.24. The Morgan fingerprint density at radius 3 is 2.81 bits per heavy atom. The summed E-state index contributed by atoms with van der Waals surface area (Å²) in [6.45, 7) is 1.72. The molecule has 1 aromatic rings. The first kappa shape index (κ1) is 17.3. The molecule has 0 spiro atoms. The minimum absolute atomic E-state index is 0.0410. The Morgan fingerprint density at radius 2 is 2.08 bits per heavy atom. The molecule has 26 heavy (non-hydrogen) atoms. The molecule has 2 aliphatic carbocycles. The van der Waals surface area contributed by atoms with Crippen LogP contribution in [0.25, 0.3) is 0 Å². The number of carbonyl (C=O) groups excluding carboxylic acids is 1. The third kappa shape index (κ3) is 4.18. The van der Waals surface area contributed by atoms with Crippen LogP contribution >= 0.6 is 0 Å². The maximum Gasteiger partial charge on any atom is 0.317 e. The van der Waals surface area contributed by atoms with Crippen LogP contribution in [0.5, 0.6) is 5.75 Å². The lowest BCUT2D eigenvalue weighted by molar-refractivity contribution is -0.140. The van der Waals surface area contributed by atoms with Gasteiger partial charge in [0.2, 0.25) is 5.91 Å². The Kier molecular flexibility index (Phi) is 4.85. The molecule has 1 aliphatic heterocycles. The van der Waals surface area contributed by atoms with Crippen molar-refractivity contribution in [3.8, 4) is 5.75 Å². The number of aliphatic carboxylic acids is 1. The van der Waals surface area contributed by atoms with E-state index < -0.39 is 5.97 Å². The molecule has 4 rings (SSSR count). The summed E-state index contributed by atoms with van der Waals surface area (Å²) >= 11 is 0. The number of carboxylic acids is 1. The molecule has 6 nitrogen and oxygen atoms in total. The molecule has 0 saturated heterocycles. The number of rotatable bonds is 8. The molecular formula is C20H26N2O4. The Hall–Kier alpha value is -2.08. The summed E-state index contributed by atoms with van der Waals surface area (Å²) in [4.78, 5) is 25.5. The summed E-state index contributed by atoms with van der Waals surface area (Å²) in [6, 6.07) is 6.43. The van der Waals surface area contributed by atoms with Gasteiger partial charge in [-0.1, -0.05) is 12.1 Å². The van der Waals surface area contributed by atoms with Crippen molar-refractivity contribution in [3.05, 3.63) is 29.3 Å². The molecule has 2 N–H and O–H groups in total. The standard InChI is InChI=1S/C20H26N2O4/c23-19(8-14-3-4-18-15(7-14)5-6-26-18)21-16-9-17(10-16)22(12-20(24)25)11-13-1-2-13/h3-4,7,13,16-17H,1-2,5-6,8-12H2,(H,21,23)(H,24,25). The molecule has 6 heteroatoms. The lowest BCUT2D eigenvalue weighted by atomic mass is 9.85. The van der Waals surface area contributed by atoms with Crippen LogP contribution in [0.1, 0.15) is 36.8 Å². The van der Waals surface area contributed by atoms with E-state index in [1.165, 1.54) is 18.4 Å². The van der Waals surface area contributed by atoms with Gasteiger partial charge in [0.15, 0.2) is 0 Å². The summed E-state index contributed by atoms with van der Waals surface area (Å²) in [7, 11) is 0. The maximum atomic E-state index is 12.3. The summed E-state index contributed by atoms with van der Waals surface area (Å²) in [5, 5.41) is 12.2. The smallest absolute Gasteiger partial charge is 0.317 e. The molecule has 2 saturated carbocycles. The predicted molar refractivity (Wildman–Crippen MR) is 96.2 cm³/mol. The van der Waals surface area contributed by atoms with E-state index in [0.29, 0.717) is 12.3 Å². The van der Waals surface area contributed by atoms with Gasteiger partial charge in [0, 0.05) is 25.0 Å². The van der Waals surface area contributed by atoms with Crippen LogP contribution in [-0.4, -0.2) is 53.7 Å². The van der Waals surface area contributed by atoms with E-state index in [4.69, 9.17) is 9.84 Å². The first-order valence-corrected chi connectivity index (χ1v) is 9.56. The average molecular weight is 358 g/mol. The first-order valence-electron chi connectivity index (χ1n) is 9.56. The van der Waals surface area contributed by atoms with E-state index in [1.54, 1.807) is 0 Å². The SMILES string of the molecule is O=C(O)CN(CC1CC1)C1CC(NC(=O)Cc2ccc3c(c2)CCO3)C1. The van der Waals surface area contributed by atoms with Crippen molar-refractivity contribution in [1.82, 2.24) is 10.2 Å². The van der Waals surface area contributed by atoms with Crippen molar-refractivity contribution in [3.63, 3.8) is 0 Å². The molecule has 0 radical (unpaired) electrons. The van der Waals surface area contributed by atoms with Crippen molar-refractivity contribution in [2.45, 2.75) is 50.6 Å². The monoisotopic (exact) mass is 358 g/mol. The number of fused-ring (bicyclic) bond motifs is 1. The van der Waals surface area contributed by atoms with E-state index in [-0.39, 0.29) is 24.5 Å². The van der Waals surface area contributed by atoms with Crippen molar-refractivity contribution >= 4 is 11.9 Å². The second-order valence-electron chi connectivity index (χ2n) is 7.87. The second-order valence-corrected chi connectivity index (χ2v) is 7.87. The van der Waals surface area contributed by atoms with Crippen LogP contribution in [-0.2, 0) is 22.4 Å². The number of amides is 1. The molecule has 1 heterocycles. The highest BCUT2D eigenvalue weighted by molar-refractivity contribution is 5.79. The Morgan fingerprint density at radius 1 is 1.27 bits per heavy atom. The van der Waals surface area contributed by atoms with Gasteiger partial charge < -0.3 is 15.2 Å². The summed E-state index contributed by atoms with van der Waals surface area (Å²) in [5.74, 6) is 0.884. The lowest BCUT2D eigenvalue weighted by Gasteiger charge is -2.42. The first-order chi connectivity index (χ1) is 12.6. The number of ether oxygens (including phenoxy) is 1. The molecule has 1 amide bonds. The van der Waals surface area contributed by atoms with E-state index >= 15 is 0 Å². The largest absolute Gasteiger partial charge is 0.493 e. The van der Waals surface area contributed by atoms with Crippen LogP contribution in [0.3, 0.4) is 0 Å². The number of nitrogens with one attached hydrogen (secondary N) is 1. The molecule has 2 fully saturated rings. The zero-order valence-corrected chi connectivity index (χ0v) is 14.9. The molecule has 0 atom stereocenters. The number of hydrogen-bond donors (Lipinski definition) is 2. The van der Waals surface area contributed by atoms with Crippen molar-refractivity contribution in [2.75, 3.05) is 19.7 Å². The van der Waals surface area contributed by atoms with Gasteiger partial charge in [-0.05, 0) is 48.8 Å². The van der Waals surface area contributed by atoms with Crippen LogP contribution in [0.2, 0.25) is 0 Å². The van der Waals surface area contributed by atoms with Gasteiger partial charge in [-0.15, -0.1) is 0 Å². The van der Waals surface area contributed by atoms with Gasteiger partial charge in [0.25, 0.3) is 0 Å². The second kappa shape index (κ2) is 7.27. The summed E-state index contributed by atoms with van der Waals surface area (Å²) in [5.41, 5.74) is 2.20. The quantitative estimate of drug-likeness (QED) is 0.738. The number of carboxylic acid groups (broad SMARTS) is 1. The van der Waals surface area contributed by atoms with Crippen LogP contribution < -0.4 is 10.1 Å². The zero-order valence-electron chi connectivity index (χ0n) is 14.9. The third-order valence-electron chi connectivity index (χ3n) is 5.64. The van der Waals surface area contributed by atoms with Gasteiger partial charge in [0.05, 0.1) is 19.6 Å². The van der Waals surface area contributed by atoms with Gasteiger partial charge >= 0.3 is 5.97 Å². The van der Waals surface area contributed by atoms with Gasteiger partial charge in [-0.25, -0.2) is 0 Å². The summed E-state index contributed by atoms with van der Waals surface area (Å²) < 4.78 is 5.50. The Labute approximate surface area is 153 Å². The number of carbonyl (C=O) groups is 2. The highest BCUT2D eigenvalue weighted by Crippen LogP contribution is 2.34. The molecular weight excluding hydrogens is 332 g/mol. The van der Waals surface area contributed by atoms with E-state index in [9.17, 15) is 9.59 Å². The molecule has 0 bridgehead atoms. The minimum atomic E-state index is -0.765. The van der Waals surface area contributed by atoms with Crippen molar-refractivity contribution in [2.24, 2.45) is 5.92 Å². The van der Waals surface area contributed by atoms with E-state index in [2.05, 4.69) is 16.3 Å². The topological polar surface area (TPSA) is 78.9 Å². The highest BCUT2D eigenvalue weighted by atomic mass is 16.5. The van der Waals surface area contributed by atoms with Gasteiger partial charge in [-0.2, -0.15) is 0 Å². The molecule has 140 valence electrons.